The molecule has 0 bridgehead atoms. The number of aliphatic hydroxyl groups is 1. The van der Waals surface area contributed by atoms with E-state index in [1.165, 1.54) is 6.33 Å². The molecule has 3 heterocycles. The number of phosphoric ester groups is 1. The Hall–Kier alpha value is -0.770. The van der Waals surface area contributed by atoms with Crippen LogP contribution in [0.2, 0.25) is 0 Å². The smallest absolute Gasteiger partial charge is 0.390 e. The van der Waals surface area contributed by atoms with Crippen molar-refractivity contribution in [1.29, 1.82) is 0 Å². The van der Waals surface area contributed by atoms with E-state index in [4.69, 9.17) is 25.2 Å². The average Bonchev–Trinajstić information content (AvgIpc) is 3.11. The fourth-order valence-electron chi connectivity index (χ4n) is 2.79. The van der Waals surface area contributed by atoms with Crippen molar-refractivity contribution < 1.29 is 56.3 Å². The van der Waals surface area contributed by atoms with Crippen LogP contribution in [0.5, 0.6) is 0 Å². The van der Waals surface area contributed by atoms with Crippen molar-refractivity contribution >= 4 is 56.2 Å². The van der Waals surface area contributed by atoms with Gasteiger partial charge < -0.3 is 39.7 Å². The van der Waals surface area contributed by atoms with E-state index in [2.05, 4.69) is 39.0 Å². The molecule has 174 valence electrons. The molecular formula is C11H16BrN4O12P3. The highest BCUT2D eigenvalue weighted by Crippen LogP contribution is 2.66. The molecule has 3 rings (SSSR count). The number of nitrogen functional groups attached to an aromatic ring is 1. The fourth-order valence-corrected chi connectivity index (χ4v) is 6.42. The summed E-state index contributed by atoms with van der Waals surface area (Å²) < 4.78 is 53.2. The zero-order valence-electron chi connectivity index (χ0n) is 15.0. The van der Waals surface area contributed by atoms with Crippen LogP contribution in [-0.4, -0.2) is 58.0 Å². The van der Waals surface area contributed by atoms with Gasteiger partial charge in [0, 0.05) is 17.1 Å². The number of ether oxygens (including phenoxy) is 1. The highest BCUT2D eigenvalue weighted by Gasteiger charge is 2.43. The molecule has 1 aliphatic heterocycles. The first-order chi connectivity index (χ1) is 14.2. The van der Waals surface area contributed by atoms with Crippen molar-refractivity contribution in [3.05, 3.63) is 17.0 Å². The molecule has 20 heteroatoms. The van der Waals surface area contributed by atoms with E-state index < -0.39 is 48.5 Å². The molecule has 0 amide bonds. The first-order valence-electron chi connectivity index (χ1n) is 8.06. The first-order valence-corrected chi connectivity index (χ1v) is 13.4. The highest BCUT2D eigenvalue weighted by atomic mass is 79.9. The van der Waals surface area contributed by atoms with E-state index in [0.29, 0.717) is 15.5 Å². The summed E-state index contributed by atoms with van der Waals surface area (Å²) in [6.45, 7) is -0.779. The molecule has 0 spiro atoms. The third-order valence-electron chi connectivity index (χ3n) is 3.92. The quantitative estimate of drug-likeness (QED) is 0.240. The highest BCUT2D eigenvalue weighted by molar-refractivity contribution is 9.10. The Kier molecular flexibility index (Phi) is 7.12. The van der Waals surface area contributed by atoms with Crippen molar-refractivity contribution in [2.24, 2.45) is 0 Å². The SMILES string of the molecule is Nc1ncnc2c1c(Br)cn2[C@@H]1C[C@H](O)[C@@H](COP(=O)(O)OP(=O)(O)OP(=O)(O)O)O1. The number of fused-ring (bicyclic) bond motifs is 1. The van der Waals surface area contributed by atoms with Crippen LogP contribution in [0.15, 0.2) is 17.0 Å². The number of rotatable bonds is 8. The van der Waals surface area contributed by atoms with Gasteiger partial charge in [0.15, 0.2) is 0 Å². The Morgan fingerprint density at radius 2 is 1.87 bits per heavy atom. The maximum absolute atomic E-state index is 11.8. The van der Waals surface area contributed by atoms with Crippen LogP contribution in [0.25, 0.3) is 11.0 Å². The van der Waals surface area contributed by atoms with E-state index in [1.807, 2.05) is 0 Å². The summed E-state index contributed by atoms with van der Waals surface area (Å²) in [6, 6.07) is 0. The summed E-state index contributed by atoms with van der Waals surface area (Å²) in [6.07, 6.45) is -0.299. The minimum atomic E-state index is -5.64. The van der Waals surface area contributed by atoms with Crippen LogP contribution in [0.1, 0.15) is 12.6 Å². The third kappa shape index (κ3) is 6.18. The predicted molar refractivity (Wildman–Crippen MR) is 104 cm³/mol. The molecule has 1 aliphatic rings. The molecule has 1 saturated heterocycles. The molecule has 0 radical (unpaired) electrons. The number of hydrogen-bond acceptors (Lipinski definition) is 11. The summed E-state index contributed by atoms with van der Waals surface area (Å²) in [7, 11) is -16.5. The van der Waals surface area contributed by atoms with Gasteiger partial charge in [-0.15, -0.1) is 0 Å². The van der Waals surface area contributed by atoms with Crippen LogP contribution in [0.4, 0.5) is 5.82 Å². The van der Waals surface area contributed by atoms with Crippen LogP contribution in [0, 0.1) is 0 Å². The molecule has 5 atom stereocenters. The van der Waals surface area contributed by atoms with Crippen LogP contribution >= 0.6 is 39.4 Å². The van der Waals surface area contributed by atoms with E-state index >= 15 is 0 Å². The summed E-state index contributed by atoms with van der Waals surface area (Å²) in [4.78, 5) is 43.7. The van der Waals surface area contributed by atoms with Crippen molar-refractivity contribution in [2.75, 3.05) is 12.3 Å². The molecule has 0 aliphatic carbocycles. The summed E-state index contributed by atoms with van der Waals surface area (Å²) in [5.41, 5.74) is 6.22. The van der Waals surface area contributed by atoms with Gasteiger partial charge in [0.05, 0.1) is 18.1 Å². The molecule has 0 saturated carbocycles. The lowest BCUT2D eigenvalue weighted by molar-refractivity contribution is -0.0422. The van der Waals surface area contributed by atoms with Gasteiger partial charge in [0.1, 0.15) is 30.1 Å². The Bertz CT molecular complexity index is 1120. The lowest BCUT2D eigenvalue weighted by Gasteiger charge is -2.19. The van der Waals surface area contributed by atoms with E-state index in [0.717, 1.165) is 0 Å². The monoisotopic (exact) mass is 568 g/mol. The van der Waals surface area contributed by atoms with Crippen LogP contribution in [0.3, 0.4) is 0 Å². The van der Waals surface area contributed by atoms with Gasteiger partial charge >= 0.3 is 23.5 Å². The molecule has 31 heavy (non-hydrogen) atoms. The van der Waals surface area contributed by atoms with E-state index in [9.17, 15) is 23.7 Å². The van der Waals surface area contributed by atoms with Gasteiger partial charge in [0.25, 0.3) is 0 Å². The standard InChI is InChI=1S/C11H16BrN4O12P3/c12-5-2-16(11-9(5)10(13)14-4-15-11)8-1-6(17)7(26-8)3-25-30(21,22)28-31(23,24)27-29(18,19)20/h2,4,6-8,17H,1,3H2,(H,21,22)(H,23,24)(H2,13,14,15)(H2,18,19,20)/t6-,7+,8-/m0/s1. The van der Waals surface area contributed by atoms with Gasteiger partial charge in [-0.1, -0.05) is 0 Å². The third-order valence-corrected chi connectivity index (χ3v) is 8.33. The minimum absolute atomic E-state index is 0.0184. The number of hydrogen-bond donors (Lipinski definition) is 6. The number of phosphoric acid groups is 3. The van der Waals surface area contributed by atoms with Gasteiger partial charge in [0.2, 0.25) is 0 Å². The number of anilines is 1. The molecule has 7 N–H and O–H groups in total. The normalized spacial score (nSPS) is 26.1. The van der Waals surface area contributed by atoms with Gasteiger partial charge in [-0.2, -0.15) is 8.62 Å². The predicted octanol–water partition coefficient (Wildman–Crippen LogP) is 0.768. The fraction of sp³-hybridized carbons (Fsp3) is 0.455. The molecule has 16 nitrogen and oxygen atoms in total. The molecule has 2 aromatic heterocycles. The van der Waals surface area contributed by atoms with Crippen LogP contribution in [-0.2, 0) is 31.6 Å². The zero-order chi connectivity index (χ0) is 23.2. The number of nitrogens with two attached hydrogens (primary N) is 1. The summed E-state index contributed by atoms with van der Waals surface area (Å²) in [5.74, 6) is 0.207. The lowest BCUT2D eigenvalue weighted by atomic mass is 10.2. The average molecular weight is 569 g/mol. The first kappa shape index (κ1) is 24.9. The maximum atomic E-state index is 11.8. The number of halogens is 1. The number of nitrogens with zero attached hydrogens (tertiary/aromatic N) is 3. The molecule has 2 aromatic rings. The second-order valence-corrected chi connectivity index (χ2v) is 11.4. The lowest BCUT2D eigenvalue weighted by Crippen LogP contribution is -2.26. The van der Waals surface area contributed by atoms with Crippen molar-refractivity contribution in [2.45, 2.75) is 24.9 Å². The number of aliphatic hydroxyl groups excluding tert-OH is 1. The van der Waals surface area contributed by atoms with Crippen molar-refractivity contribution in [3.63, 3.8) is 0 Å². The van der Waals surface area contributed by atoms with Gasteiger partial charge in [-0.25, -0.2) is 23.7 Å². The zero-order valence-corrected chi connectivity index (χ0v) is 19.3. The largest absolute Gasteiger partial charge is 0.490 e. The Balaban J connectivity index is 1.67. The van der Waals surface area contributed by atoms with Gasteiger partial charge in [-0.3, -0.25) is 4.52 Å². The van der Waals surface area contributed by atoms with E-state index in [-0.39, 0.29) is 12.2 Å². The minimum Gasteiger partial charge on any atom is -0.390 e. The Labute approximate surface area is 181 Å². The topological polar surface area (TPSA) is 246 Å². The summed E-state index contributed by atoms with van der Waals surface area (Å²) >= 11 is 3.32. The van der Waals surface area contributed by atoms with Crippen LogP contribution < -0.4 is 5.73 Å². The second kappa shape index (κ2) is 8.88. The van der Waals surface area contributed by atoms with Crippen molar-refractivity contribution in [3.8, 4) is 0 Å². The molecule has 0 aromatic carbocycles. The number of aromatic nitrogens is 3. The van der Waals surface area contributed by atoms with Crippen molar-refractivity contribution in [1.82, 2.24) is 14.5 Å². The van der Waals surface area contributed by atoms with E-state index in [1.54, 1.807) is 10.8 Å². The molecule has 1 fully saturated rings. The Morgan fingerprint density at radius 1 is 1.19 bits per heavy atom. The molecular weight excluding hydrogens is 553 g/mol. The second-order valence-electron chi connectivity index (χ2n) is 6.16. The maximum Gasteiger partial charge on any atom is 0.490 e. The summed E-state index contributed by atoms with van der Waals surface area (Å²) in [5, 5.41) is 10.7. The van der Waals surface area contributed by atoms with Gasteiger partial charge in [-0.05, 0) is 15.9 Å². The molecule has 2 unspecified atom stereocenters. The Morgan fingerprint density at radius 3 is 2.52 bits per heavy atom.